The molecule has 8 heavy (non-hydrogen) atoms. The van der Waals surface area contributed by atoms with Crippen LogP contribution in [0.3, 0.4) is 0 Å². The Morgan fingerprint density at radius 3 is 0.750 bits per heavy atom. The molecule has 0 bridgehead atoms. The van der Waals surface area contributed by atoms with Crippen LogP contribution in [0.25, 0.3) is 0 Å². The number of hydrogen-bond acceptors (Lipinski definition) is 0. The van der Waals surface area contributed by atoms with Gasteiger partial charge in [-0.2, -0.15) is 0 Å². The van der Waals surface area contributed by atoms with E-state index in [0.29, 0.717) is 0 Å². The van der Waals surface area contributed by atoms with Crippen molar-refractivity contribution < 1.29 is 4.70 Å². The maximum Gasteiger partial charge on any atom is -0.0623 e. The predicted octanol–water partition coefficient (Wildman–Crippen LogP) is 2.26. The van der Waals surface area contributed by atoms with Crippen molar-refractivity contribution >= 4 is 12.4 Å². The fraction of sp³-hybridized carbons (Fsp3) is 0. The van der Waals surface area contributed by atoms with Crippen LogP contribution in [0.2, 0.25) is 0 Å². The zero-order valence-electron chi connectivity index (χ0n) is 4.28. The zero-order valence-corrected chi connectivity index (χ0v) is 5.10. The average molecular weight is 135 g/mol. The molecule has 0 nitrogen and oxygen atoms in total. The molecule has 0 spiro atoms. The topological polar surface area (TPSA) is 0 Å². The first-order valence-electron chi connectivity index (χ1n) is 2.00. The molecular weight excluding hydrogens is 127 g/mol. The molecule has 0 aliphatic carbocycles. The molecule has 0 N–H and O–H groups in total. The first-order valence-corrected chi connectivity index (χ1v) is 2.00. The highest BCUT2D eigenvalue weighted by Gasteiger charge is 1.57. The number of hydrogen-bond donors (Lipinski definition) is 0. The van der Waals surface area contributed by atoms with Gasteiger partial charge >= 0.3 is 0 Å². The van der Waals surface area contributed by atoms with Gasteiger partial charge in [-0.05, 0) is 0 Å². The maximum atomic E-state index is 2.00. The molecule has 0 fully saturated rings. The van der Waals surface area contributed by atoms with Gasteiger partial charge in [0.05, 0.1) is 0 Å². The molecule has 0 atom stereocenters. The molecule has 1 aromatic rings. The first kappa shape index (κ1) is 10.4. The van der Waals surface area contributed by atoms with Gasteiger partial charge in [0.25, 0.3) is 0 Å². The van der Waals surface area contributed by atoms with Crippen LogP contribution in [-0.2, 0) is 0 Å². The molecule has 0 aromatic heterocycles. The third kappa shape index (κ3) is 3.62. The predicted molar refractivity (Wildman–Crippen MR) is 36.2 cm³/mol. The highest BCUT2D eigenvalue weighted by Crippen LogP contribution is 1.79. The lowest BCUT2D eigenvalue weighted by Gasteiger charge is -1.69. The average Bonchev–Trinajstić information content (AvgIpc) is 1.72. The van der Waals surface area contributed by atoms with E-state index in [0.717, 1.165) is 0 Å². The normalized spacial score (nSPS) is 6.00. The van der Waals surface area contributed by atoms with Gasteiger partial charge in [-0.3, -0.25) is 4.70 Å². The Kier molecular flexibility index (Phi) is 8.39. The second-order valence-electron chi connectivity index (χ2n) is 1.15. The van der Waals surface area contributed by atoms with Gasteiger partial charge in [-0.25, -0.2) is 0 Å². The molecule has 0 heterocycles. The van der Waals surface area contributed by atoms with E-state index in [1.807, 2.05) is 36.4 Å². The summed E-state index contributed by atoms with van der Waals surface area (Å²) < 4.78 is 0. The van der Waals surface area contributed by atoms with Crippen LogP contribution in [0.1, 0.15) is 0 Å². The van der Waals surface area contributed by atoms with E-state index in [-0.39, 0.29) is 17.1 Å². The minimum Gasteiger partial charge on any atom is -0.269 e. The van der Waals surface area contributed by atoms with Crippen LogP contribution < -0.4 is 0 Å². The molecule has 0 amide bonds. The van der Waals surface area contributed by atoms with Gasteiger partial charge in [0.2, 0.25) is 0 Å². The van der Waals surface area contributed by atoms with Crippen molar-refractivity contribution in [2.24, 2.45) is 0 Å². The lowest BCUT2D eigenvalue weighted by molar-refractivity contribution is 1.11. The van der Waals surface area contributed by atoms with Gasteiger partial charge in [0.15, 0.2) is 0 Å². The SMILES string of the molecule is Cl.F.c1ccccc1. The molecule has 0 saturated carbocycles. The summed E-state index contributed by atoms with van der Waals surface area (Å²) in [5, 5.41) is 0. The number of rotatable bonds is 0. The van der Waals surface area contributed by atoms with E-state index in [2.05, 4.69) is 0 Å². The standard InChI is InChI=1S/C6H6.ClH.FH/c1-2-4-6-5-3-1;;/h1-6H;2*1H. The summed E-state index contributed by atoms with van der Waals surface area (Å²) in [5.74, 6) is 0. The Morgan fingerprint density at radius 2 is 0.625 bits per heavy atom. The van der Waals surface area contributed by atoms with E-state index < -0.39 is 0 Å². The quantitative estimate of drug-likeness (QED) is 0.511. The van der Waals surface area contributed by atoms with Crippen molar-refractivity contribution in [3.63, 3.8) is 0 Å². The van der Waals surface area contributed by atoms with E-state index >= 15 is 0 Å². The first-order chi connectivity index (χ1) is 3.00. The Morgan fingerprint density at radius 1 is 0.500 bits per heavy atom. The molecule has 0 aliphatic heterocycles. The third-order valence-electron chi connectivity index (χ3n) is 0.667. The molecule has 2 heteroatoms. The summed E-state index contributed by atoms with van der Waals surface area (Å²) in [6.45, 7) is 0. The Balaban J connectivity index is 0. The second-order valence-corrected chi connectivity index (χ2v) is 1.15. The Hall–Kier alpha value is -0.560. The van der Waals surface area contributed by atoms with Crippen LogP contribution in [-0.4, -0.2) is 0 Å². The smallest absolute Gasteiger partial charge is 0.0623 e. The largest absolute Gasteiger partial charge is 0.269 e. The van der Waals surface area contributed by atoms with Gasteiger partial charge in [-0.1, -0.05) is 36.4 Å². The molecule has 0 radical (unpaired) electrons. The fourth-order valence-electron chi connectivity index (χ4n) is 0.385. The van der Waals surface area contributed by atoms with E-state index in [9.17, 15) is 0 Å². The van der Waals surface area contributed by atoms with Gasteiger partial charge < -0.3 is 0 Å². The minimum absolute atomic E-state index is 0. The fourth-order valence-corrected chi connectivity index (χ4v) is 0.385. The Bertz CT molecular complexity index is 80.5. The van der Waals surface area contributed by atoms with Crippen LogP contribution in [0.5, 0.6) is 0 Å². The van der Waals surface area contributed by atoms with Gasteiger partial charge in [-0.15, -0.1) is 12.4 Å². The van der Waals surface area contributed by atoms with Gasteiger partial charge in [0.1, 0.15) is 0 Å². The monoisotopic (exact) mass is 134 g/mol. The highest BCUT2D eigenvalue weighted by molar-refractivity contribution is 5.85. The molecule has 0 unspecified atom stereocenters. The summed E-state index contributed by atoms with van der Waals surface area (Å²) >= 11 is 0. The van der Waals surface area contributed by atoms with Crippen molar-refractivity contribution in [1.29, 1.82) is 0 Å². The van der Waals surface area contributed by atoms with Gasteiger partial charge in [0, 0.05) is 0 Å². The van der Waals surface area contributed by atoms with Crippen LogP contribution >= 0.6 is 12.4 Å². The van der Waals surface area contributed by atoms with E-state index in [1.54, 1.807) is 0 Å². The molecule has 1 aromatic carbocycles. The van der Waals surface area contributed by atoms with Crippen LogP contribution in [0.4, 0.5) is 4.70 Å². The lowest BCUT2D eigenvalue weighted by atomic mass is 10.4. The zero-order chi connectivity index (χ0) is 4.24. The third-order valence-corrected chi connectivity index (χ3v) is 0.667. The molecular formula is C6H8ClF. The van der Waals surface area contributed by atoms with Crippen molar-refractivity contribution in [3.8, 4) is 0 Å². The number of benzene rings is 1. The van der Waals surface area contributed by atoms with Crippen molar-refractivity contribution in [2.75, 3.05) is 0 Å². The Labute approximate surface area is 54.3 Å². The summed E-state index contributed by atoms with van der Waals surface area (Å²) in [5.41, 5.74) is 0. The van der Waals surface area contributed by atoms with E-state index in [1.165, 1.54) is 0 Å². The second kappa shape index (κ2) is 6.44. The van der Waals surface area contributed by atoms with Crippen molar-refractivity contribution in [1.82, 2.24) is 0 Å². The maximum absolute atomic E-state index is 2.00. The molecule has 46 valence electrons. The summed E-state index contributed by atoms with van der Waals surface area (Å²) in [4.78, 5) is 0. The number of halogens is 2. The molecule has 0 aliphatic rings. The highest BCUT2D eigenvalue weighted by atomic mass is 35.5. The summed E-state index contributed by atoms with van der Waals surface area (Å²) in [7, 11) is 0. The van der Waals surface area contributed by atoms with Crippen LogP contribution in [0.15, 0.2) is 36.4 Å². The minimum atomic E-state index is 0. The van der Waals surface area contributed by atoms with E-state index in [4.69, 9.17) is 0 Å². The molecule has 0 saturated heterocycles. The molecule has 1 rings (SSSR count). The lowest BCUT2D eigenvalue weighted by Crippen LogP contribution is -1.47. The van der Waals surface area contributed by atoms with Crippen LogP contribution in [0, 0.1) is 0 Å². The summed E-state index contributed by atoms with van der Waals surface area (Å²) in [6.07, 6.45) is 0. The van der Waals surface area contributed by atoms with Crippen molar-refractivity contribution in [3.05, 3.63) is 36.4 Å². The summed E-state index contributed by atoms with van der Waals surface area (Å²) in [6, 6.07) is 12.0. The van der Waals surface area contributed by atoms with Crippen molar-refractivity contribution in [2.45, 2.75) is 0 Å².